The van der Waals surface area contributed by atoms with E-state index in [1.807, 2.05) is 4.72 Å². The normalized spacial score (nSPS) is 13.3. The predicted octanol–water partition coefficient (Wildman–Crippen LogP) is 2.27. The van der Waals surface area contributed by atoms with Crippen LogP contribution in [0.4, 0.5) is 4.39 Å². The summed E-state index contributed by atoms with van der Waals surface area (Å²) in [5, 5.41) is 7.79. The van der Waals surface area contributed by atoms with Gasteiger partial charge in [-0.2, -0.15) is 4.72 Å². The topological polar surface area (TPSA) is 83.5 Å². The Morgan fingerprint density at radius 1 is 1.47 bits per heavy atom. The maximum absolute atomic E-state index is 13.4. The summed E-state index contributed by atoms with van der Waals surface area (Å²) in [7, 11) is -4.25. The summed E-state index contributed by atoms with van der Waals surface area (Å²) in [6.07, 6.45) is 0.0300. The number of carboxylic acid groups (broad SMARTS) is 1. The molecule has 106 valence electrons. The van der Waals surface area contributed by atoms with Gasteiger partial charge >= 0.3 is 5.97 Å². The molecule has 1 atom stereocenters. The summed E-state index contributed by atoms with van der Waals surface area (Å²) in [5.74, 6) is -2.41. The van der Waals surface area contributed by atoms with Gasteiger partial charge in [0.25, 0.3) is 0 Å². The number of aliphatic carboxylic acids is 1. The van der Waals surface area contributed by atoms with Crippen LogP contribution in [0.5, 0.6) is 0 Å². The van der Waals surface area contributed by atoms with Crippen molar-refractivity contribution in [3.8, 4) is 0 Å². The fourth-order valence-corrected chi connectivity index (χ4v) is 3.29. The van der Waals surface area contributed by atoms with Crippen molar-refractivity contribution < 1.29 is 22.7 Å². The van der Waals surface area contributed by atoms with Gasteiger partial charge in [0, 0.05) is 0 Å². The molecule has 19 heavy (non-hydrogen) atoms. The quantitative estimate of drug-likeness (QED) is 0.812. The van der Waals surface area contributed by atoms with Gasteiger partial charge in [-0.05, 0) is 18.6 Å². The zero-order valence-corrected chi connectivity index (χ0v) is 12.0. The fraction of sp³-hybridized carbons (Fsp3) is 0.300. The van der Waals surface area contributed by atoms with E-state index in [-0.39, 0.29) is 11.4 Å². The Kier molecular flexibility index (Phi) is 5.14. The molecule has 0 aromatic heterocycles. The number of halogens is 3. The average molecular weight is 330 g/mol. The molecule has 0 aliphatic carbocycles. The first-order valence-corrected chi connectivity index (χ1v) is 7.33. The molecule has 0 bridgehead atoms. The van der Waals surface area contributed by atoms with E-state index in [2.05, 4.69) is 0 Å². The first kappa shape index (κ1) is 16.2. The zero-order chi connectivity index (χ0) is 14.8. The van der Waals surface area contributed by atoms with Gasteiger partial charge in [-0.15, -0.1) is 0 Å². The number of hydrogen-bond donors (Lipinski definition) is 2. The summed E-state index contributed by atoms with van der Waals surface area (Å²) in [4.78, 5) is 10.2. The van der Waals surface area contributed by atoms with Crippen LogP contribution in [0.25, 0.3) is 0 Å². The lowest BCUT2D eigenvalue weighted by Crippen LogP contribution is -2.40. The van der Waals surface area contributed by atoms with Gasteiger partial charge in [0.15, 0.2) is 5.82 Å². The van der Waals surface area contributed by atoms with Crippen LogP contribution in [-0.2, 0) is 14.8 Å². The Bertz CT molecular complexity index is 606. The van der Waals surface area contributed by atoms with E-state index in [1.54, 1.807) is 0 Å². The maximum atomic E-state index is 13.4. The van der Waals surface area contributed by atoms with Crippen LogP contribution >= 0.6 is 23.2 Å². The van der Waals surface area contributed by atoms with Crippen molar-refractivity contribution in [3.63, 3.8) is 0 Å². The summed E-state index contributed by atoms with van der Waals surface area (Å²) >= 11 is 11.0. The molecule has 9 heteroatoms. The van der Waals surface area contributed by atoms with Gasteiger partial charge < -0.3 is 5.11 Å². The van der Waals surface area contributed by atoms with Gasteiger partial charge in [-0.25, -0.2) is 12.8 Å². The Morgan fingerprint density at radius 2 is 2.05 bits per heavy atom. The molecule has 0 spiro atoms. The van der Waals surface area contributed by atoms with Crippen LogP contribution in [0.2, 0.25) is 10.0 Å². The monoisotopic (exact) mass is 329 g/mol. The van der Waals surface area contributed by atoms with E-state index in [9.17, 15) is 17.6 Å². The fourth-order valence-electron chi connectivity index (χ4n) is 1.27. The van der Waals surface area contributed by atoms with Crippen molar-refractivity contribution in [2.75, 3.05) is 0 Å². The Labute approximate surface area is 119 Å². The standard InChI is InChI=1S/C10H10Cl2FNO4S/c1-2-6(10(15)16)14-19(17,18)7-4-3-5(11)9(13)8(7)12/h3-4,6,14H,2H2,1H3,(H,15,16)/t6-/m1/s1. The number of nitrogens with one attached hydrogen (secondary N) is 1. The largest absolute Gasteiger partial charge is 0.480 e. The molecule has 1 rings (SSSR count). The number of sulfonamides is 1. The predicted molar refractivity (Wildman–Crippen MR) is 68.5 cm³/mol. The third-order valence-corrected chi connectivity index (χ3v) is 4.58. The van der Waals surface area contributed by atoms with E-state index < -0.39 is 37.8 Å². The second-order valence-electron chi connectivity index (χ2n) is 3.59. The van der Waals surface area contributed by atoms with Crippen LogP contribution < -0.4 is 4.72 Å². The SMILES string of the molecule is CC[C@@H](NS(=O)(=O)c1ccc(Cl)c(F)c1Cl)C(=O)O. The molecule has 0 amide bonds. The minimum atomic E-state index is -4.25. The first-order valence-electron chi connectivity index (χ1n) is 5.09. The minimum absolute atomic E-state index is 0.0300. The summed E-state index contributed by atoms with van der Waals surface area (Å²) in [6, 6.07) is 0.712. The van der Waals surface area contributed by atoms with Crippen LogP contribution in [0.3, 0.4) is 0 Å². The second kappa shape index (κ2) is 6.04. The molecule has 1 aromatic rings. The van der Waals surface area contributed by atoms with Crippen LogP contribution in [0.15, 0.2) is 17.0 Å². The second-order valence-corrected chi connectivity index (χ2v) is 6.06. The van der Waals surface area contributed by atoms with Crippen molar-refractivity contribution >= 4 is 39.2 Å². The lowest BCUT2D eigenvalue weighted by Gasteiger charge is -2.14. The zero-order valence-electron chi connectivity index (χ0n) is 9.65. The molecular formula is C10H10Cl2FNO4S. The Hall–Kier alpha value is -0.890. The van der Waals surface area contributed by atoms with Crippen LogP contribution in [0.1, 0.15) is 13.3 Å². The summed E-state index contributed by atoms with van der Waals surface area (Å²) in [5.41, 5.74) is 0. The van der Waals surface area contributed by atoms with Crippen molar-refractivity contribution in [3.05, 3.63) is 28.0 Å². The van der Waals surface area contributed by atoms with Crippen LogP contribution in [-0.4, -0.2) is 25.5 Å². The van der Waals surface area contributed by atoms with E-state index in [4.69, 9.17) is 28.3 Å². The van der Waals surface area contributed by atoms with Gasteiger partial charge in [-0.3, -0.25) is 4.79 Å². The number of carboxylic acids is 1. The van der Waals surface area contributed by atoms with Gasteiger partial charge in [-0.1, -0.05) is 30.1 Å². The lowest BCUT2D eigenvalue weighted by atomic mass is 10.2. The Morgan fingerprint density at radius 3 is 2.53 bits per heavy atom. The molecule has 1 aromatic carbocycles. The molecule has 0 aliphatic heterocycles. The van der Waals surface area contributed by atoms with E-state index in [0.717, 1.165) is 12.1 Å². The van der Waals surface area contributed by atoms with Crippen LogP contribution in [0, 0.1) is 5.82 Å². The van der Waals surface area contributed by atoms with E-state index >= 15 is 0 Å². The van der Waals surface area contributed by atoms with Crippen molar-refractivity contribution in [1.29, 1.82) is 0 Å². The molecule has 0 saturated heterocycles. The molecular weight excluding hydrogens is 320 g/mol. The van der Waals surface area contributed by atoms with Crippen molar-refractivity contribution in [1.82, 2.24) is 4.72 Å². The molecule has 0 aliphatic rings. The summed E-state index contributed by atoms with van der Waals surface area (Å²) in [6.45, 7) is 1.49. The number of carbonyl (C=O) groups is 1. The first-order chi connectivity index (χ1) is 8.70. The maximum Gasteiger partial charge on any atom is 0.321 e. The molecule has 0 radical (unpaired) electrons. The smallest absolute Gasteiger partial charge is 0.321 e. The van der Waals surface area contributed by atoms with E-state index in [1.165, 1.54) is 6.92 Å². The number of hydrogen-bond acceptors (Lipinski definition) is 3. The molecule has 0 heterocycles. The number of rotatable bonds is 5. The minimum Gasteiger partial charge on any atom is -0.480 e. The molecule has 2 N–H and O–H groups in total. The van der Waals surface area contributed by atoms with Crippen molar-refractivity contribution in [2.24, 2.45) is 0 Å². The lowest BCUT2D eigenvalue weighted by molar-refractivity contribution is -0.139. The Balaban J connectivity index is 3.22. The highest BCUT2D eigenvalue weighted by Crippen LogP contribution is 2.29. The van der Waals surface area contributed by atoms with Gasteiger partial charge in [0.05, 0.1) is 10.0 Å². The molecule has 0 fully saturated rings. The molecule has 5 nitrogen and oxygen atoms in total. The third-order valence-electron chi connectivity index (χ3n) is 2.29. The average Bonchev–Trinajstić information content (AvgIpc) is 2.32. The van der Waals surface area contributed by atoms with Gasteiger partial charge in [0.2, 0.25) is 10.0 Å². The van der Waals surface area contributed by atoms with E-state index in [0.29, 0.717) is 0 Å². The highest BCUT2D eigenvalue weighted by Gasteiger charge is 2.27. The summed E-state index contributed by atoms with van der Waals surface area (Å²) < 4.78 is 39.2. The van der Waals surface area contributed by atoms with Crippen molar-refractivity contribution in [2.45, 2.75) is 24.3 Å². The molecule has 0 saturated carbocycles. The van der Waals surface area contributed by atoms with Gasteiger partial charge in [0.1, 0.15) is 10.9 Å². The molecule has 0 unspecified atom stereocenters. The third kappa shape index (κ3) is 3.56. The number of benzene rings is 1. The highest BCUT2D eigenvalue weighted by molar-refractivity contribution is 7.89. The highest BCUT2D eigenvalue weighted by atomic mass is 35.5.